The number of rotatable bonds is 11. The molecule has 0 amide bonds. The van der Waals surface area contributed by atoms with Crippen molar-refractivity contribution in [3.8, 4) is 95.2 Å². The summed E-state index contributed by atoms with van der Waals surface area (Å²) >= 11 is 0. The Morgan fingerprint density at radius 1 is 0.183 bits per heavy atom. The Balaban J connectivity index is 0.000000114. The van der Waals surface area contributed by atoms with Gasteiger partial charge in [-0.1, -0.05) is 446 Å². The van der Waals surface area contributed by atoms with Crippen molar-refractivity contribution in [3.05, 3.63) is 501 Å². The second-order valence-electron chi connectivity index (χ2n) is 41.1. The van der Waals surface area contributed by atoms with Crippen molar-refractivity contribution in [1.82, 2.24) is 22.8 Å². The highest BCUT2D eigenvalue weighted by Gasteiger charge is 2.34. The summed E-state index contributed by atoms with van der Waals surface area (Å²) in [6.45, 7) is 28.8. The van der Waals surface area contributed by atoms with E-state index in [1.807, 2.05) is 66.7 Å². The minimum Gasteiger partial charge on any atom is -0.309 e. The number of hydrogen-bond acceptors (Lipinski definition) is 0. The van der Waals surface area contributed by atoms with Gasteiger partial charge in [0.05, 0.1) is 73.2 Å². The molecule has 5 heterocycles. The zero-order valence-corrected chi connectivity index (χ0v) is 82.6. The molecule has 5 heteroatoms. The van der Waals surface area contributed by atoms with E-state index in [2.05, 4.69) is 458 Å². The molecule has 0 spiro atoms. The van der Waals surface area contributed by atoms with Gasteiger partial charge >= 0.3 is 0 Å². The van der Waals surface area contributed by atoms with Crippen LogP contribution in [0.4, 0.5) is 0 Å². The molecule has 0 saturated carbocycles. The highest BCUT2D eigenvalue weighted by molar-refractivity contribution is 6.23. The Morgan fingerprint density at radius 3 is 0.817 bits per heavy atom. The molecule has 0 aliphatic heterocycles. The number of hydrogen-bond donors (Lipinski definition) is 0. The molecular weight excluding hydrogens is 1720 g/mol. The van der Waals surface area contributed by atoms with Gasteiger partial charge in [0, 0.05) is 76.6 Å². The molecular formula is C137H117N5. The van der Waals surface area contributed by atoms with E-state index >= 15 is 0 Å². The third-order valence-electron chi connectivity index (χ3n) is 27.7. The van der Waals surface area contributed by atoms with Crippen LogP contribution >= 0.6 is 0 Å². The maximum Gasteiger partial charge on any atom is 0.0632 e. The fourth-order valence-electron chi connectivity index (χ4n) is 22.1. The summed E-state index contributed by atoms with van der Waals surface area (Å²) in [5, 5.41) is 12.0. The maximum absolute atomic E-state index is 8.97. The number of fused-ring (bicyclic) bond motifs is 15. The van der Waals surface area contributed by atoms with Crippen LogP contribution in [-0.4, -0.2) is 22.8 Å². The van der Waals surface area contributed by atoms with Crippen molar-refractivity contribution in [2.75, 3.05) is 0 Å². The molecule has 0 N–H and O–H groups in total. The zero-order valence-electron chi connectivity index (χ0n) is 91.6. The second kappa shape index (κ2) is 37.0. The van der Waals surface area contributed by atoms with E-state index in [0.29, 0.717) is 16.7 Å². The van der Waals surface area contributed by atoms with E-state index in [1.165, 1.54) is 127 Å². The maximum atomic E-state index is 8.97. The summed E-state index contributed by atoms with van der Waals surface area (Å²) in [5.74, 6) is 0. The van der Waals surface area contributed by atoms with Crippen LogP contribution < -0.4 is 0 Å². The summed E-state index contributed by atoms with van der Waals surface area (Å²) < 4.78 is 88.2. The number of aromatic nitrogens is 5. The Morgan fingerprint density at radius 2 is 0.458 bits per heavy atom. The van der Waals surface area contributed by atoms with Gasteiger partial charge in [-0.3, -0.25) is 0 Å². The van der Waals surface area contributed by atoms with Crippen molar-refractivity contribution >= 4 is 109 Å². The SMILES string of the molecule is CC(C)(C)c1c(-c2ccccc2)ccc2c1c1c(-c3ccccc3)cccc1n2-c1ccccc1.CC(C)(C)c1c(-n2c3ccccc3c3ccccc32)ccc2c1c1c(-c3ccccc3)cccc1n2-c1ccccc1.[2H]c1c([2H])c(C)c([2H])c(-c2ccc3c(c2C(C)(C)C)c2c(-c4ccccc4)cccc2n3-c2ccccc2)c1[2H].[2H]c1c([2H])c([2H])c(-c2cccc3c2c2c(C(C)(C)C)cccc2n3-c2ccccc2)c([2H])c1[2H]. The standard InChI is InChI=1S/C40H32N2.C35H31N.C34H29N.C28H25N/c1-40(2,3)39-36(42-32-22-12-10-19-30(32)31-20-11-13-23-33(31)42)26-25-35-38(39)37-29(27-15-6-4-7-16-27)21-14-24-34(37)41(35)28-17-8-5-9-18-28;1-24-13-11-16-26(23-24)29-21-22-31-33(34(29)35(2,3)4)32-28(25-14-7-5-8-15-25)19-12-20-30(32)36(31)27-17-9-6-10-18-27;1-34(2,3)33-28(25-16-9-5-10-17-25)22-23-30-32(33)31-27(24-14-7-4-8-15-24)20-13-21-29(31)35(30)26-18-11-6-12-19-26;1-28(2,3)23-17-11-19-25-27(23)26-22(20-12-6-4-7-13-20)16-10-18-24(26)29(25)21-14-8-5-9-15-21/h4-26H,1-3H3;5-23H,1-4H3;4-23H,1-3H3;4-19H,1-3H3/i;11D,13D,16D,23D;;4D,6D,7D,12D,13D. The zero-order chi connectivity index (χ0) is 105. The van der Waals surface area contributed by atoms with Crippen molar-refractivity contribution in [2.24, 2.45) is 0 Å². The monoisotopic (exact) mass is 1840 g/mol. The smallest absolute Gasteiger partial charge is 0.0632 e. The lowest BCUT2D eigenvalue weighted by atomic mass is 9.78. The first-order valence-electron chi connectivity index (χ1n) is 53.7. The van der Waals surface area contributed by atoms with Crippen LogP contribution in [0.5, 0.6) is 0 Å². The minimum absolute atomic E-state index is 0.0513. The normalized spacial score (nSPS) is 12.9. The first-order chi connectivity index (χ1) is 72.8. The molecule has 0 bridgehead atoms. The first kappa shape index (κ1) is 80.4. The van der Waals surface area contributed by atoms with Crippen LogP contribution in [0, 0.1) is 6.92 Å². The molecule has 142 heavy (non-hydrogen) atoms. The van der Waals surface area contributed by atoms with Gasteiger partial charge in [-0.2, -0.15) is 0 Å². The number of para-hydroxylation sites is 6. The molecule has 5 nitrogen and oxygen atoms in total. The molecule has 0 radical (unpaired) electrons. The number of nitrogens with zero attached hydrogens (tertiary/aromatic N) is 5. The molecule has 25 rings (SSSR count). The summed E-state index contributed by atoms with van der Waals surface area (Å²) in [7, 11) is 0. The van der Waals surface area contributed by atoms with E-state index in [0.717, 1.165) is 82.8 Å². The summed E-state index contributed by atoms with van der Waals surface area (Å²) in [4.78, 5) is 0. The fourth-order valence-corrected chi connectivity index (χ4v) is 22.1. The molecule has 0 aliphatic rings. The van der Waals surface area contributed by atoms with Crippen molar-refractivity contribution in [2.45, 2.75) is 112 Å². The predicted octanol–water partition coefficient (Wildman–Crippen LogP) is 37.7. The lowest BCUT2D eigenvalue weighted by Gasteiger charge is -2.26. The van der Waals surface area contributed by atoms with Crippen LogP contribution in [-0.2, 0) is 21.7 Å². The molecule has 0 saturated heterocycles. The third kappa shape index (κ3) is 16.3. The fraction of sp³-hybridized carbons (Fsp3) is 0.124. The van der Waals surface area contributed by atoms with E-state index in [-0.39, 0.29) is 81.6 Å². The van der Waals surface area contributed by atoms with Crippen molar-refractivity contribution < 1.29 is 12.3 Å². The van der Waals surface area contributed by atoms with Gasteiger partial charge < -0.3 is 22.8 Å². The van der Waals surface area contributed by atoms with E-state index in [9.17, 15) is 0 Å². The average molecular weight is 1840 g/mol. The minimum atomic E-state index is -0.381. The quantitative estimate of drug-likeness (QED) is 0.123. The van der Waals surface area contributed by atoms with Gasteiger partial charge in [0.15, 0.2) is 0 Å². The number of benzene rings is 20. The van der Waals surface area contributed by atoms with Gasteiger partial charge in [0.2, 0.25) is 0 Å². The van der Waals surface area contributed by atoms with Gasteiger partial charge in [0.25, 0.3) is 0 Å². The lowest BCUT2D eigenvalue weighted by molar-refractivity contribution is 0.593. The Kier molecular flexibility index (Phi) is 20.9. The van der Waals surface area contributed by atoms with E-state index in [4.69, 9.17) is 12.3 Å². The van der Waals surface area contributed by atoms with Crippen molar-refractivity contribution in [1.29, 1.82) is 0 Å². The lowest BCUT2D eigenvalue weighted by Crippen LogP contribution is -2.16. The van der Waals surface area contributed by atoms with Crippen LogP contribution in [0.2, 0.25) is 0 Å². The molecule has 690 valence electrons. The van der Waals surface area contributed by atoms with E-state index in [1.54, 1.807) is 6.92 Å². The van der Waals surface area contributed by atoms with Gasteiger partial charge in [-0.15, -0.1) is 0 Å². The highest BCUT2D eigenvalue weighted by Crippen LogP contribution is 2.53. The predicted molar refractivity (Wildman–Crippen MR) is 610 cm³/mol. The van der Waals surface area contributed by atoms with Crippen LogP contribution in [0.1, 0.15) is 123 Å². The highest BCUT2D eigenvalue weighted by atomic mass is 15.0. The molecule has 5 aromatic heterocycles. The average Bonchev–Trinajstić information content (AvgIpc) is 1.57. The Hall–Kier alpha value is -16.6. The Bertz CT molecular complexity index is 9490. The topological polar surface area (TPSA) is 24.6 Å². The largest absolute Gasteiger partial charge is 0.309 e. The summed E-state index contributed by atoms with van der Waals surface area (Å²) in [5.41, 5.74) is 33.7. The molecule has 0 atom stereocenters. The second-order valence-corrected chi connectivity index (χ2v) is 41.1. The summed E-state index contributed by atoms with van der Waals surface area (Å²) in [6, 6.07) is 146. The van der Waals surface area contributed by atoms with Crippen molar-refractivity contribution in [3.63, 3.8) is 0 Å². The van der Waals surface area contributed by atoms with Crippen LogP contribution in [0.15, 0.2) is 473 Å². The molecule has 25 aromatic rings. The third-order valence-corrected chi connectivity index (χ3v) is 27.7. The molecule has 0 fully saturated rings. The van der Waals surface area contributed by atoms with Gasteiger partial charge in [-0.25, -0.2) is 0 Å². The van der Waals surface area contributed by atoms with E-state index < -0.39 is 0 Å². The van der Waals surface area contributed by atoms with Crippen LogP contribution in [0.25, 0.3) is 204 Å². The molecule has 0 aliphatic carbocycles. The van der Waals surface area contributed by atoms with Gasteiger partial charge in [0.1, 0.15) is 0 Å². The van der Waals surface area contributed by atoms with Gasteiger partial charge in [-0.05, 0) is 233 Å². The molecule has 20 aromatic carbocycles. The first-order valence-corrected chi connectivity index (χ1v) is 49.2. The Labute approximate surface area is 846 Å². The molecule has 0 unspecified atom stereocenters. The summed E-state index contributed by atoms with van der Waals surface area (Å²) in [6.07, 6.45) is 0. The van der Waals surface area contributed by atoms with Crippen LogP contribution in [0.3, 0.4) is 0 Å².